The summed E-state index contributed by atoms with van der Waals surface area (Å²) in [5.41, 5.74) is 1.34. The van der Waals surface area contributed by atoms with Gasteiger partial charge in [0.05, 0.1) is 0 Å². The molecule has 0 aliphatic carbocycles. The Morgan fingerprint density at radius 2 is 2.11 bits per heavy atom. The van der Waals surface area contributed by atoms with E-state index in [0.717, 1.165) is 16.5 Å². The molecule has 0 saturated heterocycles. The van der Waals surface area contributed by atoms with Crippen LogP contribution in [-0.4, -0.2) is 17.7 Å². The first-order chi connectivity index (χ1) is 12.8. The van der Waals surface area contributed by atoms with Gasteiger partial charge in [-0.25, -0.2) is 4.79 Å². The SMILES string of the molecule is C=C/C(=C\C)CCC(=O)O[C@H]1Cc2cc3ccc(=O)oc3cc2OC1(C)C. The molecule has 1 aromatic carbocycles. The highest BCUT2D eigenvalue weighted by Crippen LogP contribution is 2.37. The lowest BCUT2D eigenvalue weighted by molar-refractivity contribution is -0.161. The first-order valence-corrected chi connectivity index (χ1v) is 9.05. The van der Waals surface area contributed by atoms with Crippen molar-refractivity contribution >= 4 is 16.9 Å². The maximum Gasteiger partial charge on any atom is 0.336 e. The van der Waals surface area contributed by atoms with Crippen molar-refractivity contribution in [2.45, 2.75) is 51.7 Å². The van der Waals surface area contributed by atoms with E-state index in [-0.39, 0.29) is 5.97 Å². The second-order valence-electron chi connectivity index (χ2n) is 7.21. The van der Waals surface area contributed by atoms with Gasteiger partial charge in [0.1, 0.15) is 23.0 Å². The van der Waals surface area contributed by atoms with E-state index in [1.165, 1.54) is 6.07 Å². The van der Waals surface area contributed by atoms with Gasteiger partial charge in [-0.15, -0.1) is 0 Å². The third-order valence-electron chi connectivity index (χ3n) is 4.88. The Labute approximate surface area is 158 Å². The maximum absolute atomic E-state index is 12.3. The van der Waals surface area contributed by atoms with Crippen molar-refractivity contribution in [1.29, 1.82) is 0 Å². The van der Waals surface area contributed by atoms with Gasteiger partial charge in [0.15, 0.2) is 0 Å². The minimum atomic E-state index is -0.687. The lowest BCUT2D eigenvalue weighted by Crippen LogP contribution is -2.48. The summed E-state index contributed by atoms with van der Waals surface area (Å²) in [6, 6.07) is 6.75. The van der Waals surface area contributed by atoms with Crippen LogP contribution in [0.1, 0.15) is 39.2 Å². The quantitative estimate of drug-likeness (QED) is 0.446. The van der Waals surface area contributed by atoms with E-state index < -0.39 is 17.3 Å². The van der Waals surface area contributed by atoms with Crippen LogP contribution in [-0.2, 0) is 16.0 Å². The number of hydrogen-bond donors (Lipinski definition) is 0. The molecule has 0 amide bonds. The monoisotopic (exact) mass is 368 g/mol. The molecule has 142 valence electrons. The fraction of sp³-hybridized carbons (Fsp3) is 0.364. The number of rotatable bonds is 5. The highest BCUT2D eigenvalue weighted by molar-refractivity contribution is 5.79. The Bertz CT molecular complexity index is 964. The first-order valence-electron chi connectivity index (χ1n) is 9.05. The van der Waals surface area contributed by atoms with E-state index >= 15 is 0 Å². The van der Waals surface area contributed by atoms with Crippen molar-refractivity contribution in [3.63, 3.8) is 0 Å². The van der Waals surface area contributed by atoms with Gasteiger partial charge in [0, 0.05) is 30.4 Å². The van der Waals surface area contributed by atoms with Gasteiger partial charge >= 0.3 is 11.6 Å². The fourth-order valence-corrected chi connectivity index (χ4v) is 3.20. The summed E-state index contributed by atoms with van der Waals surface area (Å²) >= 11 is 0. The molecule has 0 radical (unpaired) electrons. The smallest absolute Gasteiger partial charge is 0.336 e. The molecule has 0 saturated carbocycles. The number of ether oxygens (including phenoxy) is 2. The molecule has 1 atom stereocenters. The van der Waals surface area contributed by atoms with Gasteiger partial charge in [-0.1, -0.05) is 24.3 Å². The molecular formula is C22H24O5. The summed E-state index contributed by atoms with van der Waals surface area (Å²) in [6.07, 6.45) is 4.74. The van der Waals surface area contributed by atoms with Crippen LogP contribution in [0.15, 0.2) is 57.8 Å². The first kappa shape index (κ1) is 19.0. The van der Waals surface area contributed by atoms with Crippen molar-refractivity contribution in [1.82, 2.24) is 0 Å². The van der Waals surface area contributed by atoms with E-state index in [1.807, 2.05) is 32.9 Å². The van der Waals surface area contributed by atoms with Crippen molar-refractivity contribution in [3.05, 3.63) is 64.6 Å². The molecule has 27 heavy (non-hydrogen) atoms. The molecule has 1 aromatic heterocycles. The van der Waals surface area contributed by atoms with Gasteiger partial charge in [-0.05, 0) is 44.9 Å². The number of fused-ring (bicyclic) bond motifs is 2. The van der Waals surface area contributed by atoms with Crippen LogP contribution < -0.4 is 10.4 Å². The summed E-state index contributed by atoms with van der Waals surface area (Å²) in [4.78, 5) is 23.7. The van der Waals surface area contributed by atoms with Gasteiger partial charge in [0.2, 0.25) is 0 Å². The maximum atomic E-state index is 12.3. The molecule has 0 unspecified atom stereocenters. The Hall–Kier alpha value is -2.82. The summed E-state index contributed by atoms with van der Waals surface area (Å²) in [7, 11) is 0. The van der Waals surface area contributed by atoms with Gasteiger partial charge < -0.3 is 13.9 Å². The fourth-order valence-electron chi connectivity index (χ4n) is 3.20. The number of esters is 1. The Morgan fingerprint density at radius 3 is 2.81 bits per heavy atom. The molecule has 3 rings (SSSR count). The van der Waals surface area contributed by atoms with Crippen molar-refractivity contribution in [3.8, 4) is 5.75 Å². The number of carbonyl (C=O) groups is 1. The van der Waals surface area contributed by atoms with Gasteiger partial charge in [-0.3, -0.25) is 4.79 Å². The van der Waals surface area contributed by atoms with E-state index in [4.69, 9.17) is 13.9 Å². The van der Waals surface area contributed by atoms with Gasteiger partial charge in [-0.2, -0.15) is 0 Å². The van der Waals surface area contributed by atoms with Gasteiger partial charge in [0.25, 0.3) is 0 Å². The molecule has 0 spiro atoms. The normalized spacial score (nSPS) is 18.5. The molecule has 5 nitrogen and oxygen atoms in total. The molecule has 2 heterocycles. The molecule has 1 aliphatic rings. The van der Waals surface area contributed by atoms with E-state index in [0.29, 0.717) is 30.6 Å². The standard InChI is InChI=1S/C22H24O5/c1-5-14(6-2)7-9-21(24)26-19-12-16-11-15-8-10-20(23)25-17(15)13-18(16)27-22(19,3)4/h5-6,8,10-11,13,19H,1,7,9,12H2,2-4H3/b14-6+/t19-/m0/s1. The van der Waals surface area contributed by atoms with E-state index in [9.17, 15) is 9.59 Å². The van der Waals surface area contributed by atoms with E-state index in [2.05, 4.69) is 6.58 Å². The lowest BCUT2D eigenvalue weighted by atomic mass is 9.90. The molecule has 2 aromatic rings. The number of hydrogen-bond acceptors (Lipinski definition) is 5. The Morgan fingerprint density at radius 1 is 1.33 bits per heavy atom. The largest absolute Gasteiger partial charge is 0.484 e. The van der Waals surface area contributed by atoms with Crippen molar-refractivity contribution in [2.24, 2.45) is 0 Å². The Kier molecular flexibility index (Phi) is 5.22. The van der Waals surface area contributed by atoms with Crippen LogP contribution in [0.5, 0.6) is 5.75 Å². The minimum absolute atomic E-state index is 0.256. The zero-order valence-electron chi connectivity index (χ0n) is 15.9. The average molecular weight is 368 g/mol. The molecule has 0 N–H and O–H groups in total. The van der Waals surface area contributed by atoms with Crippen molar-refractivity contribution < 1.29 is 18.7 Å². The van der Waals surface area contributed by atoms with Crippen LogP contribution in [0.25, 0.3) is 11.0 Å². The van der Waals surface area contributed by atoms with Crippen LogP contribution in [0, 0.1) is 0 Å². The lowest BCUT2D eigenvalue weighted by Gasteiger charge is -2.39. The third kappa shape index (κ3) is 4.13. The van der Waals surface area contributed by atoms with Crippen LogP contribution in [0.2, 0.25) is 0 Å². The van der Waals surface area contributed by atoms with Crippen molar-refractivity contribution in [2.75, 3.05) is 0 Å². The molecule has 1 aliphatic heterocycles. The second-order valence-corrected chi connectivity index (χ2v) is 7.21. The topological polar surface area (TPSA) is 65.7 Å². The summed E-state index contributed by atoms with van der Waals surface area (Å²) in [5, 5.41) is 0.811. The highest BCUT2D eigenvalue weighted by Gasteiger charge is 2.40. The molecular weight excluding hydrogens is 344 g/mol. The summed E-state index contributed by atoms with van der Waals surface area (Å²) in [6.45, 7) is 9.44. The Balaban J connectivity index is 1.79. The van der Waals surface area contributed by atoms with Crippen LogP contribution in [0.4, 0.5) is 0 Å². The zero-order valence-corrected chi connectivity index (χ0v) is 15.9. The molecule has 0 bridgehead atoms. The second kappa shape index (κ2) is 7.43. The molecule has 0 fully saturated rings. The van der Waals surface area contributed by atoms with Crippen LogP contribution in [0.3, 0.4) is 0 Å². The number of benzene rings is 1. The number of allylic oxidation sites excluding steroid dienone is 3. The summed E-state index contributed by atoms with van der Waals surface area (Å²) < 4.78 is 17.0. The zero-order chi connectivity index (χ0) is 19.6. The average Bonchev–Trinajstić information content (AvgIpc) is 2.61. The number of carbonyl (C=O) groups excluding carboxylic acids is 1. The highest BCUT2D eigenvalue weighted by atomic mass is 16.6. The minimum Gasteiger partial charge on any atom is -0.484 e. The van der Waals surface area contributed by atoms with Crippen LogP contribution >= 0.6 is 0 Å². The predicted molar refractivity (Wildman–Crippen MR) is 104 cm³/mol. The van der Waals surface area contributed by atoms with E-state index in [1.54, 1.807) is 18.2 Å². The summed E-state index contributed by atoms with van der Waals surface area (Å²) in [5.74, 6) is 0.394. The predicted octanol–water partition coefficient (Wildman–Crippen LogP) is 4.33. The molecule has 5 heteroatoms. The third-order valence-corrected chi connectivity index (χ3v) is 4.88.